The quantitative estimate of drug-likeness (QED) is 0.891. The largest absolute Gasteiger partial charge is 0.492 e. The molecule has 0 spiro atoms. The van der Waals surface area contributed by atoms with E-state index < -0.39 is 0 Å². The standard InChI is InChI=1S/C13H14ClNOS/c1-15-12(13-11(14)7-8-17-13)9-16-10-5-3-2-4-6-10/h2-8,12,15H,9H2,1H3. The SMILES string of the molecule is CNC(COc1ccccc1)c1sccc1Cl. The van der Waals surface area contributed by atoms with Gasteiger partial charge >= 0.3 is 0 Å². The summed E-state index contributed by atoms with van der Waals surface area (Å²) in [6.07, 6.45) is 0. The molecule has 4 heteroatoms. The molecule has 90 valence electrons. The molecule has 2 nitrogen and oxygen atoms in total. The molecule has 2 aromatic rings. The number of nitrogens with one attached hydrogen (secondary N) is 1. The normalized spacial score (nSPS) is 12.4. The number of likely N-dealkylation sites (N-methyl/N-ethyl adjacent to an activating group) is 1. The van der Waals surface area contributed by atoms with Gasteiger partial charge in [-0.1, -0.05) is 29.8 Å². The van der Waals surface area contributed by atoms with Gasteiger partial charge in [0.15, 0.2) is 0 Å². The summed E-state index contributed by atoms with van der Waals surface area (Å²) in [6.45, 7) is 0.570. The zero-order valence-electron chi connectivity index (χ0n) is 9.52. The summed E-state index contributed by atoms with van der Waals surface area (Å²) in [7, 11) is 1.91. The van der Waals surface area contributed by atoms with Crippen molar-refractivity contribution in [1.29, 1.82) is 0 Å². The molecular formula is C13H14ClNOS. The summed E-state index contributed by atoms with van der Waals surface area (Å²) >= 11 is 7.75. The summed E-state index contributed by atoms with van der Waals surface area (Å²) in [6, 6.07) is 11.8. The van der Waals surface area contributed by atoms with Crippen LogP contribution in [0.4, 0.5) is 0 Å². The highest BCUT2D eigenvalue weighted by molar-refractivity contribution is 7.10. The Hall–Kier alpha value is -1.03. The topological polar surface area (TPSA) is 21.3 Å². The van der Waals surface area contributed by atoms with Crippen LogP contribution in [0.15, 0.2) is 41.8 Å². The van der Waals surface area contributed by atoms with Gasteiger partial charge < -0.3 is 10.1 Å². The molecule has 0 radical (unpaired) electrons. The highest BCUT2D eigenvalue weighted by Crippen LogP contribution is 2.28. The molecule has 0 aliphatic rings. The predicted octanol–water partition coefficient (Wildman–Crippen LogP) is 3.74. The van der Waals surface area contributed by atoms with E-state index in [1.807, 2.05) is 48.8 Å². The lowest BCUT2D eigenvalue weighted by atomic mass is 10.2. The van der Waals surface area contributed by atoms with E-state index in [-0.39, 0.29) is 6.04 Å². The van der Waals surface area contributed by atoms with Crippen molar-refractivity contribution in [2.75, 3.05) is 13.7 Å². The van der Waals surface area contributed by atoms with Crippen LogP contribution in [0.1, 0.15) is 10.9 Å². The molecule has 0 aliphatic carbocycles. The van der Waals surface area contributed by atoms with E-state index in [1.54, 1.807) is 11.3 Å². The maximum Gasteiger partial charge on any atom is 0.119 e. The zero-order valence-corrected chi connectivity index (χ0v) is 11.1. The Morgan fingerprint density at radius 2 is 2.06 bits per heavy atom. The second-order valence-corrected chi connectivity index (χ2v) is 4.95. The van der Waals surface area contributed by atoms with Crippen LogP contribution in [-0.4, -0.2) is 13.7 Å². The monoisotopic (exact) mass is 267 g/mol. The molecule has 1 aromatic carbocycles. The smallest absolute Gasteiger partial charge is 0.119 e. The van der Waals surface area contributed by atoms with Crippen LogP contribution in [0.2, 0.25) is 5.02 Å². The van der Waals surface area contributed by atoms with Gasteiger partial charge in [-0.25, -0.2) is 0 Å². The molecule has 1 aromatic heterocycles. The molecule has 0 saturated carbocycles. The van der Waals surface area contributed by atoms with Crippen molar-refractivity contribution in [2.45, 2.75) is 6.04 Å². The third-order valence-corrected chi connectivity index (χ3v) is 3.94. The summed E-state index contributed by atoms with van der Waals surface area (Å²) in [5.74, 6) is 0.875. The van der Waals surface area contributed by atoms with E-state index in [0.29, 0.717) is 6.61 Å². The van der Waals surface area contributed by atoms with E-state index in [4.69, 9.17) is 16.3 Å². The van der Waals surface area contributed by atoms with E-state index in [0.717, 1.165) is 15.6 Å². The highest BCUT2D eigenvalue weighted by atomic mass is 35.5. The fourth-order valence-corrected chi connectivity index (χ4v) is 2.83. The average Bonchev–Trinajstić information content (AvgIpc) is 2.78. The summed E-state index contributed by atoms with van der Waals surface area (Å²) in [5.41, 5.74) is 0. The zero-order chi connectivity index (χ0) is 12.1. The fraction of sp³-hybridized carbons (Fsp3) is 0.231. The Morgan fingerprint density at radius 1 is 1.29 bits per heavy atom. The van der Waals surface area contributed by atoms with Crippen LogP contribution in [0.25, 0.3) is 0 Å². The van der Waals surface area contributed by atoms with E-state index in [9.17, 15) is 0 Å². The Kier molecular flexibility index (Phi) is 4.42. The van der Waals surface area contributed by atoms with Crippen LogP contribution in [0.5, 0.6) is 5.75 Å². The number of ether oxygens (including phenoxy) is 1. The summed E-state index contributed by atoms with van der Waals surface area (Å²) in [4.78, 5) is 1.12. The minimum absolute atomic E-state index is 0.128. The van der Waals surface area contributed by atoms with Gasteiger partial charge in [-0.2, -0.15) is 0 Å². The van der Waals surface area contributed by atoms with Crippen molar-refractivity contribution >= 4 is 22.9 Å². The van der Waals surface area contributed by atoms with Gasteiger partial charge in [-0.05, 0) is 30.6 Å². The van der Waals surface area contributed by atoms with Crippen molar-refractivity contribution < 1.29 is 4.74 Å². The first kappa shape index (κ1) is 12.4. The first-order valence-corrected chi connectivity index (χ1v) is 6.65. The van der Waals surface area contributed by atoms with Gasteiger partial charge in [0.05, 0.1) is 11.1 Å². The molecule has 0 saturated heterocycles. The first-order chi connectivity index (χ1) is 8.31. The Balaban J connectivity index is 2.00. The lowest BCUT2D eigenvalue weighted by Crippen LogP contribution is -2.22. The number of hydrogen-bond donors (Lipinski definition) is 1. The fourth-order valence-electron chi connectivity index (χ4n) is 1.54. The van der Waals surface area contributed by atoms with Crippen molar-refractivity contribution in [3.05, 3.63) is 51.7 Å². The predicted molar refractivity (Wildman–Crippen MR) is 73.1 cm³/mol. The lowest BCUT2D eigenvalue weighted by Gasteiger charge is -2.16. The molecule has 0 bridgehead atoms. The molecule has 1 heterocycles. The number of halogens is 1. The Morgan fingerprint density at radius 3 is 2.65 bits per heavy atom. The lowest BCUT2D eigenvalue weighted by molar-refractivity contribution is 0.275. The minimum atomic E-state index is 0.128. The maximum atomic E-state index is 6.11. The third-order valence-electron chi connectivity index (χ3n) is 2.47. The highest BCUT2D eigenvalue weighted by Gasteiger charge is 2.14. The van der Waals surface area contributed by atoms with Gasteiger partial charge in [-0.15, -0.1) is 11.3 Å². The first-order valence-electron chi connectivity index (χ1n) is 5.39. The molecular weight excluding hydrogens is 254 g/mol. The Labute approximate surface area is 110 Å². The van der Waals surface area contributed by atoms with E-state index >= 15 is 0 Å². The average molecular weight is 268 g/mol. The van der Waals surface area contributed by atoms with Gasteiger partial charge in [-0.3, -0.25) is 0 Å². The van der Waals surface area contributed by atoms with E-state index in [2.05, 4.69) is 5.32 Å². The number of rotatable bonds is 5. The van der Waals surface area contributed by atoms with Gasteiger partial charge in [0, 0.05) is 4.88 Å². The number of thiophene rings is 1. The minimum Gasteiger partial charge on any atom is -0.492 e. The summed E-state index contributed by atoms with van der Waals surface area (Å²) in [5, 5.41) is 6.00. The maximum absolute atomic E-state index is 6.11. The van der Waals surface area contributed by atoms with Crippen LogP contribution >= 0.6 is 22.9 Å². The molecule has 17 heavy (non-hydrogen) atoms. The van der Waals surface area contributed by atoms with Crippen molar-refractivity contribution in [1.82, 2.24) is 5.32 Å². The van der Waals surface area contributed by atoms with E-state index in [1.165, 1.54) is 0 Å². The molecule has 1 atom stereocenters. The Bertz CT molecular complexity index is 457. The van der Waals surface area contributed by atoms with Gasteiger partial charge in [0.1, 0.15) is 12.4 Å². The molecule has 0 fully saturated rings. The molecule has 0 amide bonds. The van der Waals surface area contributed by atoms with Crippen molar-refractivity contribution in [2.24, 2.45) is 0 Å². The van der Waals surface area contributed by atoms with Crippen LogP contribution < -0.4 is 10.1 Å². The summed E-state index contributed by atoms with van der Waals surface area (Å²) < 4.78 is 5.72. The van der Waals surface area contributed by atoms with Crippen molar-refractivity contribution in [3.8, 4) is 5.75 Å². The van der Waals surface area contributed by atoms with Gasteiger partial charge in [0.25, 0.3) is 0 Å². The second-order valence-electron chi connectivity index (χ2n) is 3.60. The molecule has 1 unspecified atom stereocenters. The van der Waals surface area contributed by atoms with Crippen LogP contribution in [0, 0.1) is 0 Å². The molecule has 0 aliphatic heterocycles. The number of para-hydroxylation sites is 1. The van der Waals surface area contributed by atoms with Crippen molar-refractivity contribution in [3.63, 3.8) is 0 Å². The van der Waals surface area contributed by atoms with Crippen LogP contribution in [-0.2, 0) is 0 Å². The second kappa shape index (κ2) is 6.05. The number of hydrogen-bond acceptors (Lipinski definition) is 3. The molecule has 2 rings (SSSR count). The third kappa shape index (κ3) is 3.22. The number of benzene rings is 1. The molecule has 1 N–H and O–H groups in total. The van der Waals surface area contributed by atoms with Crippen LogP contribution in [0.3, 0.4) is 0 Å². The van der Waals surface area contributed by atoms with Gasteiger partial charge in [0.2, 0.25) is 0 Å².